The van der Waals surface area contributed by atoms with Crippen molar-refractivity contribution in [3.63, 3.8) is 0 Å². The summed E-state index contributed by atoms with van der Waals surface area (Å²) in [6, 6.07) is 0. The second kappa shape index (κ2) is 7.73. The van der Waals surface area contributed by atoms with Gasteiger partial charge in [-0.2, -0.15) is 0 Å². The van der Waals surface area contributed by atoms with E-state index in [1.54, 1.807) is 7.11 Å². The minimum Gasteiger partial charge on any atom is -0.377 e. The molecule has 0 saturated heterocycles. The van der Waals surface area contributed by atoms with Crippen LogP contribution in [-0.2, 0) is 4.74 Å². The van der Waals surface area contributed by atoms with Crippen molar-refractivity contribution in [3.05, 3.63) is 0 Å². The summed E-state index contributed by atoms with van der Waals surface area (Å²) in [6.07, 6.45) is 5.45. The van der Waals surface area contributed by atoms with Gasteiger partial charge < -0.3 is 15.4 Å². The average molecular weight is 269 g/mol. The Kier molecular flexibility index (Phi) is 6.63. The summed E-state index contributed by atoms with van der Waals surface area (Å²) in [7, 11) is 3.56. The van der Waals surface area contributed by atoms with E-state index in [4.69, 9.17) is 4.74 Å². The molecule has 19 heavy (non-hydrogen) atoms. The smallest absolute Gasteiger partial charge is 0.191 e. The van der Waals surface area contributed by atoms with Gasteiger partial charge in [-0.25, -0.2) is 0 Å². The highest BCUT2D eigenvalue weighted by atomic mass is 16.5. The lowest BCUT2D eigenvalue weighted by Gasteiger charge is -2.28. The van der Waals surface area contributed by atoms with Crippen molar-refractivity contribution >= 4 is 5.96 Å². The molecule has 0 radical (unpaired) electrons. The number of nitrogens with zero attached hydrogens (tertiary/aromatic N) is 1. The molecule has 2 atom stereocenters. The summed E-state index contributed by atoms with van der Waals surface area (Å²) in [5.41, 5.74) is -0.170. The summed E-state index contributed by atoms with van der Waals surface area (Å²) < 4.78 is 5.40. The fraction of sp³-hybridized carbons (Fsp3) is 0.933. The van der Waals surface area contributed by atoms with Crippen molar-refractivity contribution in [1.82, 2.24) is 10.6 Å². The summed E-state index contributed by atoms with van der Waals surface area (Å²) >= 11 is 0. The molecule has 0 spiro atoms. The molecular formula is C15H31N3O. The summed E-state index contributed by atoms with van der Waals surface area (Å²) in [5.74, 6) is 2.55. The van der Waals surface area contributed by atoms with Crippen LogP contribution in [0.5, 0.6) is 0 Å². The van der Waals surface area contributed by atoms with E-state index in [2.05, 4.69) is 36.4 Å². The maximum Gasteiger partial charge on any atom is 0.191 e. The predicted octanol–water partition coefficient (Wildman–Crippen LogP) is 2.40. The third-order valence-electron chi connectivity index (χ3n) is 4.06. The van der Waals surface area contributed by atoms with Crippen LogP contribution in [0.15, 0.2) is 4.99 Å². The third-order valence-corrected chi connectivity index (χ3v) is 4.06. The van der Waals surface area contributed by atoms with Gasteiger partial charge in [0.1, 0.15) is 0 Å². The maximum absolute atomic E-state index is 5.40. The lowest BCUT2D eigenvalue weighted by molar-refractivity contribution is 0.0268. The number of ether oxygens (including phenoxy) is 1. The van der Waals surface area contributed by atoms with E-state index >= 15 is 0 Å². The van der Waals surface area contributed by atoms with Gasteiger partial charge in [-0.1, -0.05) is 19.8 Å². The van der Waals surface area contributed by atoms with Crippen molar-refractivity contribution in [3.8, 4) is 0 Å². The number of rotatable bonds is 5. The lowest BCUT2D eigenvalue weighted by Crippen LogP contribution is -2.46. The van der Waals surface area contributed by atoms with E-state index < -0.39 is 0 Å². The molecule has 4 nitrogen and oxygen atoms in total. The van der Waals surface area contributed by atoms with Crippen molar-refractivity contribution in [2.75, 3.05) is 27.2 Å². The Morgan fingerprint density at radius 1 is 1.32 bits per heavy atom. The fourth-order valence-electron chi connectivity index (χ4n) is 2.58. The Morgan fingerprint density at radius 2 is 2.05 bits per heavy atom. The standard InChI is InChI=1S/C15H31N3O/c1-12-7-6-8-13(9-12)10-17-14(16-4)18-11-15(2,3)19-5/h12-13H,6-11H2,1-5H3,(H2,16,17,18). The molecule has 2 N–H and O–H groups in total. The van der Waals surface area contributed by atoms with E-state index in [9.17, 15) is 0 Å². The van der Waals surface area contributed by atoms with Gasteiger partial charge in [0.2, 0.25) is 0 Å². The molecule has 0 heterocycles. The Bertz CT molecular complexity index is 289. The van der Waals surface area contributed by atoms with Crippen molar-refractivity contribution < 1.29 is 4.74 Å². The van der Waals surface area contributed by atoms with Gasteiger partial charge in [0.05, 0.1) is 5.60 Å². The lowest BCUT2D eigenvalue weighted by atomic mass is 9.82. The van der Waals surface area contributed by atoms with Crippen LogP contribution in [0.25, 0.3) is 0 Å². The molecule has 1 fully saturated rings. The van der Waals surface area contributed by atoms with E-state index in [0.717, 1.165) is 30.9 Å². The molecule has 1 saturated carbocycles. The van der Waals surface area contributed by atoms with Crippen LogP contribution in [-0.4, -0.2) is 38.8 Å². The summed E-state index contributed by atoms with van der Waals surface area (Å²) in [6.45, 7) is 8.27. The normalized spacial score (nSPS) is 25.2. The third kappa shape index (κ3) is 6.28. The van der Waals surface area contributed by atoms with E-state index in [0.29, 0.717) is 0 Å². The molecule has 0 aromatic heterocycles. The maximum atomic E-state index is 5.40. The largest absolute Gasteiger partial charge is 0.377 e. The van der Waals surface area contributed by atoms with Crippen LogP contribution in [0.1, 0.15) is 46.5 Å². The zero-order valence-corrected chi connectivity index (χ0v) is 13.3. The van der Waals surface area contributed by atoms with Gasteiger partial charge >= 0.3 is 0 Å². The van der Waals surface area contributed by atoms with E-state index in [1.807, 2.05) is 7.05 Å². The van der Waals surface area contributed by atoms with E-state index in [-0.39, 0.29) is 5.60 Å². The monoisotopic (exact) mass is 269 g/mol. The SMILES string of the molecule is CN=C(NCC1CCCC(C)C1)NCC(C)(C)OC. The van der Waals surface area contributed by atoms with Gasteiger partial charge in [0.25, 0.3) is 0 Å². The molecule has 1 rings (SSSR count). The number of nitrogens with one attached hydrogen (secondary N) is 2. The van der Waals surface area contributed by atoms with Crippen LogP contribution in [0.4, 0.5) is 0 Å². The second-order valence-corrected chi connectivity index (χ2v) is 6.41. The first-order valence-electron chi connectivity index (χ1n) is 7.46. The number of methoxy groups -OCH3 is 1. The molecule has 0 bridgehead atoms. The number of hydrogen-bond acceptors (Lipinski definition) is 2. The van der Waals surface area contributed by atoms with Crippen molar-refractivity contribution in [2.45, 2.75) is 52.1 Å². The van der Waals surface area contributed by atoms with Gasteiger partial charge in [-0.3, -0.25) is 4.99 Å². The highest BCUT2D eigenvalue weighted by molar-refractivity contribution is 5.79. The van der Waals surface area contributed by atoms with Crippen LogP contribution >= 0.6 is 0 Å². The number of hydrogen-bond donors (Lipinski definition) is 2. The Labute approximate surface area is 118 Å². The quantitative estimate of drug-likeness (QED) is 0.595. The fourth-order valence-corrected chi connectivity index (χ4v) is 2.58. The molecular weight excluding hydrogens is 238 g/mol. The molecule has 4 heteroatoms. The first-order chi connectivity index (χ1) is 8.96. The minimum atomic E-state index is -0.170. The topological polar surface area (TPSA) is 45.7 Å². The molecule has 1 aliphatic rings. The minimum absolute atomic E-state index is 0.170. The zero-order chi connectivity index (χ0) is 14.3. The Hall–Kier alpha value is -0.770. The zero-order valence-electron chi connectivity index (χ0n) is 13.3. The predicted molar refractivity (Wildman–Crippen MR) is 81.6 cm³/mol. The van der Waals surface area contributed by atoms with Crippen molar-refractivity contribution in [2.24, 2.45) is 16.8 Å². The molecule has 0 amide bonds. The summed E-state index contributed by atoms with van der Waals surface area (Å²) in [4.78, 5) is 4.27. The molecule has 2 unspecified atom stereocenters. The highest BCUT2D eigenvalue weighted by Crippen LogP contribution is 2.27. The highest BCUT2D eigenvalue weighted by Gasteiger charge is 2.20. The Morgan fingerprint density at radius 3 is 2.63 bits per heavy atom. The molecule has 1 aliphatic carbocycles. The van der Waals surface area contributed by atoms with Gasteiger partial charge in [0, 0.05) is 27.2 Å². The van der Waals surface area contributed by atoms with Gasteiger partial charge in [0.15, 0.2) is 5.96 Å². The van der Waals surface area contributed by atoms with E-state index in [1.165, 1.54) is 25.7 Å². The number of guanidine groups is 1. The van der Waals surface area contributed by atoms with Crippen LogP contribution in [0.2, 0.25) is 0 Å². The molecule has 0 aromatic rings. The first kappa shape index (κ1) is 16.3. The van der Waals surface area contributed by atoms with Crippen LogP contribution in [0, 0.1) is 11.8 Å². The molecule has 0 aliphatic heterocycles. The first-order valence-corrected chi connectivity index (χ1v) is 7.46. The second-order valence-electron chi connectivity index (χ2n) is 6.41. The number of aliphatic imine (C=N–C) groups is 1. The van der Waals surface area contributed by atoms with Gasteiger partial charge in [-0.05, 0) is 38.5 Å². The van der Waals surface area contributed by atoms with Crippen LogP contribution < -0.4 is 10.6 Å². The Balaban J connectivity index is 2.29. The average Bonchev–Trinajstić information content (AvgIpc) is 2.39. The van der Waals surface area contributed by atoms with Crippen LogP contribution in [0.3, 0.4) is 0 Å². The van der Waals surface area contributed by atoms with Crippen molar-refractivity contribution in [1.29, 1.82) is 0 Å². The molecule has 0 aromatic carbocycles. The summed E-state index contributed by atoms with van der Waals surface area (Å²) in [5, 5.41) is 6.76. The van der Waals surface area contributed by atoms with Gasteiger partial charge in [-0.15, -0.1) is 0 Å². The molecule has 112 valence electrons.